The smallest absolute Gasteiger partial charge is 0.225 e. The number of carbonyl (C=O) groups is 2. The lowest BCUT2D eigenvalue weighted by Crippen LogP contribution is -2.33. The van der Waals surface area contributed by atoms with Crippen molar-refractivity contribution in [2.24, 2.45) is 5.92 Å². The van der Waals surface area contributed by atoms with Crippen LogP contribution < -0.4 is 5.32 Å². The molecule has 2 aromatic rings. The Morgan fingerprint density at radius 2 is 2.00 bits per heavy atom. The normalized spacial score (nSPS) is 18.6. The van der Waals surface area contributed by atoms with Gasteiger partial charge in [-0.2, -0.15) is 0 Å². The highest BCUT2D eigenvalue weighted by atomic mass is 32.1. The van der Waals surface area contributed by atoms with Gasteiger partial charge in [0.2, 0.25) is 11.8 Å². The predicted molar refractivity (Wildman–Crippen MR) is 105 cm³/mol. The van der Waals surface area contributed by atoms with Crippen molar-refractivity contribution in [3.8, 4) is 0 Å². The van der Waals surface area contributed by atoms with E-state index in [4.69, 9.17) is 0 Å². The number of aromatic nitrogens is 2. The molecule has 1 aromatic heterocycles. The summed E-state index contributed by atoms with van der Waals surface area (Å²) in [4.78, 5) is 26.8. The van der Waals surface area contributed by atoms with Gasteiger partial charge in [-0.25, -0.2) is 0 Å². The maximum atomic E-state index is 12.5. The molecule has 2 heterocycles. The quantitative estimate of drug-likeness (QED) is 0.857. The largest absolute Gasteiger partial charge is 0.349 e. The first kappa shape index (κ1) is 19.5. The van der Waals surface area contributed by atoms with Crippen molar-refractivity contribution in [1.82, 2.24) is 20.4 Å². The zero-order chi connectivity index (χ0) is 19.6. The molecule has 6 nitrogen and oxygen atoms in total. The molecule has 0 saturated carbocycles. The van der Waals surface area contributed by atoms with Crippen LogP contribution >= 0.6 is 11.3 Å². The lowest BCUT2D eigenvalue weighted by atomic mass is 9.98. The van der Waals surface area contributed by atoms with Gasteiger partial charge in [-0.1, -0.05) is 62.4 Å². The van der Waals surface area contributed by atoms with Crippen LogP contribution in [0.25, 0.3) is 0 Å². The van der Waals surface area contributed by atoms with Gasteiger partial charge in [0.25, 0.3) is 0 Å². The molecule has 7 heteroatoms. The van der Waals surface area contributed by atoms with E-state index in [0.29, 0.717) is 13.1 Å². The monoisotopic (exact) mass is 386 g/mol. The Hall–Kier alpha value is -2.28. The van der Waals surface area contributed by atoms with E-state index in [1.54, 1.807) is 4.90 Å². The third-order valence-corrected chi connectivity index (χ3v) is 6.15. The molecule has 2 unspecified atom stereocenters. The van der Waals surface area contributed by atoms with Gasteiger partial charge in [-0.3, -0.25) is 9.59 Å². The van der Waals surface area contributed by atoms with Gasteiger partial charge >= 0.3 is 0 Å². The lowest BCUT2D eigenvalue weighted by molar-refractivity contribution is -0.130. The third-order valence-electron chi connectivity index (χ3n) is 4.80. The summed E-state index contributed by atoms with van der Waals surface area (Å²) in [5.41, 5.74) is 1.03. The maximum absolute atomic E-state index is 12.5. The molecule has 1 fully saturated rings. The van der Waals surface area contributed by atoms with E-state index in [9.17, 15) is 9.59 Å². The number of hydrogen-bond acceptors (Lipinski definition) is 5. The number of likely N-dealkylation sites (tertiary alicyclic amines) is 1. The summed E-state index contributed by atoms with van der Waals surface area (Å²) in [7, 11) is 0. The standard InChI is InChI=1S/C20H26N4O2S/c1-13(14-8-6-5-7-9-14)24-12-15(10-17(24)25)18(26)21-11-16-22-23-19(27-16)20(2,3)4/h5-9,13,15H,10-12H2,1-4H3,(H,21,26). The Morgan fingerprint density at radius 3 is 2.63 bits per heavy atom. The number of nitrogens with one attached hydrogen (secondary N) is 1. The molecule has 0 aliphatic carbocycles. The van der Waals surface area contributed by atoms with Crippen LogP contribution in [-0.2, 0) is 21.5 Å². The first-order valence-electron chi connectivity index (χ1n) is 9.20. The highest BCUT2D eigenvalue weighted by molar-refractivity contribution is 7.11. The molecule has 1 aliphatic heterocycles. The molecule has 3 rings (SSSR count). The first-order valence-corrected chi connectivity index (χ1v) is 10.0. The summed E-state index contributed by atoms with van der Waals surface area (Å²) in [5, 5.41) is 13.0. The average Bonchev–Trinajstić information content (AvgIpc) is 3.26. The lowest BCUT2D eigenvalue weighted by Gasteiger charge is -2.25. The molecule has 1 N–H and O–H groups in total. The third kappa shape index (κ3) is 4.53. The van der Waals surface area contributed by atoms with Crippen molar-refractivity contribution < 1.29 is 9.59 Å². The van der Waals surface area contributed by atoms with E-state index in [1.165, 1.54) is 11.3 Å². The fourth-order valence-electron chi connectivity index (χ4n) is 3.13. The molecule has 1 aliphatic rings. The summed E-state index contributed by atoms with van der Waals surface area (Å²) in [6.45, 7) is 9.06. The van der Waals surface area contributed by atoms with Crippen molar-refractivity contribution in [3.05, 3.63) is 45.9 Å². The SMILES string of the molecule is CC(c1ccccc1)N1CC(C(=O)NCc2nnc(C(C)(C)C)s2)CC1=O. The van der Waals surface area contributed by atoms with Crippen LogP contribution in [0.3, 0.4) is 0 Å². The van der Waals surface area contributed by atoms with Gasteiger partial charge in [-0.05, 0) is 12.5 Å². The van der Waals surface area contributed by atoms with Crippen LogP contribution in [0.5, 0.6) is 0 Å². The topological polar surface area (TPSA) is 75.2 Å². The fraction of sp³-hybridized carbons (Fsp3) is 0.500. The summed E-state index contributed by atoms with van der Waals surface area (Å²) < 4.78 is 0. The summed E-state index contributed by atoms with van der Waals surface area (Å²) >= 11 is 1.51. The Kier molecular flexibility index (Phi) is 5.60. The first-order chi connectivity index (χ1) is 12.8. The van der Waals surface area contributed by atoms with Crippen LogP contribution in [0, 0.1) is 5.92 Å². The number of carbonyl (C=O) groups excluding carboxylic acids is 2. The molecular weight excluding hydrogens is 360 g/mol. The highest BCUT2D eigenvalue weighted by Gasteiger charge is 2.37. The van der Waals surface area contributed by atoms with E-state index < -0.39 is 0 Å². The van der Waals surface area contributed by atoms with E-state index in [0.717, 1.165) is 15.6 Å². The van der Waals surface area contributed by atoms with Crippen LogP contribution in [0.1, 0.15) is 55.7 Å². The second-order valence-electron chi connectivity index (χ2n) is 8.00. The molecular formula is C20H26N4O2S. The van der Waals surface area contributed by atoms with Crippen molar-refractivity contribution in [2.45, 2.75) is 52.1 Å². The molecule has 0 spiro atoms. The van der Waals surface area contributed by atoms with Crippen LogP contribution in [-0.4, -0.2) is 33.5 Å². The van der Waals surface area contributed by atoms with Crippen LogP contribution in [0.4, 0.5) is 0 Å². The summed E-state index contributed by atoms with van der Waals surface area (Å²) in [6, 6.07) is 9.86. The second-order valence-corrected chi connectivity index (χ2v) is 9.06. The molecule has 1 saturated heterocycles. The second kappa shape index (κ2) is 7.76. The van der Waals surface area contributed by atoms with Gasteiger partial charge in [0.1, 0.15) is 10.0 Å². The molecule has 27 heavy (non-hydrogen) atoms. The van der Waals surface area contributed by atoms with Crippen LogP contribution in [0.15, 0.2) is 30.3 Å². The van der Waals surface area contributed by atoms with Gasteiger partial charge in [0.15, 0.2) is 0 Å². The number of nitrogens with zero attached hydrogens (tertiary/aromatic N) is 3. The Bertz CT molecular complexity index is 813. The minimum Gasteiger partial charge on any atom is -0.349 e. The number of hydrogen-bond donors (Lipinski definition) is 1. The molecule has 1 aromatic carbocycles. The Labute approximate surface area is 164 Å². The van der Waals surface area contributed by atoms with Crippen molar-refractivity contribution in [2.75, 3.05) is 6.54 Å². The molecule has 2 atom stereocenters. The molecule has 0 radical (unpaired) electrons. The van der Waals surface area contributed by atoms with E-state index >= 15 is 0 Å². The number of benzene rings is 1. The van der Waals surface area contributed by atoms with E-state index in [-0.39, 0.29) is 35.6 Å². The van der Waals surface area contributed by atoms with Crippen molar-refractivity contribution in [1.29, 1.82) is 0 Å². The minimum atomic E-state index is -0.321. The van der Waals surface area contributed by atoms with Gasteiger partial charge in [0.05, 0.1) is 18.5 Å². The molecule has 144 valence electrons. The van der Waals surface area contributed by atoms with E-state index in [1.807, 2.05) is 37.3 Å². The molecule has 0 bridgehead atoms. The van der Waals surface area contributed by atoms with Crippen molar-refractivity contribution in [3.63, 3.8) is 0 Å². The average molecular weight is 387 g/mol. The minimum absolute atomic E-state index is 0.0254. The highest BCUT2D eigenvalue weighted by Crippen LogP contribution is 2.29. The van der Waals surface area contributed by atoms with E-state index in [2.05, 4.69) is 36.3 Å². The van der Waals surface area contributed by atoms with Crippen LogP contribution in [0.2, 0.25) is 0 Å². The Balaban J connectivity index is 1.57. The maximum Gasteiger partial charge on any atom is 0.225 e. The van der Waals surface area contributed by atoms with Gasteiger partial charge < -0.3 is 10.2 Å². The fourth-order valence-corrected chi connectivity index (χ4v) is 3.97. The number of rotatable bonds is 5. The zero-order valence-electron chi connectivity index (χ0n) is 16.2. The summed E-state index contributed by atoms with van der Waals surface area (Å²) in [6.07, 6.45) is 0.256. The van der Waals surface area contributed by atoms with Crippen molar-refractivity contribution >= 4 is 23.2 Å². The summed E-state index contributed by atoms with van der Waals surface area (Å²) in [5.74, 6) is -0.394. The molecule has 2 amide bonds. The zero-order valence-corrected chi connectivity index (χ0v) is 17.0. The number of amides is 2. The predicted octanol–water partition coefficient (Wildman–Crippen LogP) is 3.06. The Morgan fingerprint density at radius 1 is 1.30 bits per heavy atom. The van der Waals surface area contributed by atoms with Gasteiger partial charge in [-0.15, -0.1) is 10.2 Å². The van der Waals surface area contributed by atoms with Gasteiger partial charge in [0, 0.05) is 18.4 Å².